The number of hydrogen-bond acceptors (Lipinski definition) is 2. The molecular weight excluding hydrogens is 220 g/mol. The summed E-state index contributed by atoms with van der Waals surface area (Å²) in [4.78, 5) is 0. The molecule has 2 N–H and O–H groups in total. The summed E-state index contributed by atoms with van der Waals surface area (Å²) in [5.41, 5.74) is 4.76. The van der Waals surface area contributed by atoms with Crippen LogP contribution in [-0.2, 0) is 13.0 Å². The zero-order valence-corrected chi connectivity index (χ0v) is 11.6. The first kappa shape index (κ1) is 12.0. The monoisotopic (exact) mass is 244 g/mol. The van der Waals surface area contributed by atoms with E-state index in [0.717, 1.165) is 13.1 Å². The minimum absolute atomic E-state index is 0.496. The van der Waals surface area contributed by atoms with E-state index in [2.05, 4.69) is 42.7 Å². The Morgan fingerprint density at radius 1 is 1.39 bits per heavy atom. The van der Waals surface area contributed by atoms with E-state index in [0.29, 0.717) is 11.5 Å². The number of fused-ring (bicyclic) bond motifs is 1. The van der Waals surface area contributed by atoms with Gasteiger partial charge in [0.2, 0.25) is 0 Å². The van der Waals surface area contributed by atoms with Crippen LogP contribution in [0.3, 0.4) is 0 Å². The van der Waals surface area contributed by atoms with Crippen LogP contribution in [0.15, 0.2) is 18.2 Å². The SMILES string of the molecule is CC1(C)CCC1NCc1ccc2c(c1)CCCN2. The molecule has 98 valence electrons. The van der Waals surface area contributed by atoms with E-state index in [1.165, 1.54) is 42.5 Å². The van der Waals surface area contributed by atoms with E-state index < -0.39 is 0 Å². The molecule has 3 rings (SSSR count). The number of nitrogens with one attached hydrogen (secondary N) is 2. The predicted octanol–water partition coefficient (Wildman–Crippen LogP) is 3.32. The lowest BCUT2D eigenvalue weighted by molar-refractivity contribution is 0.108. The average molecular weight is 244 g/mol. The Labute approximate surface area is 110 Å². The summed E-state index contributed by atoms with van der Waals surface area (Å²) < 4.78 is 0. The molecule has 2 heteroatoms. The van der Waals surface area contributed by atoms with Crippen LogP contribution in [0.1, 0.15) is 44.2 Å². The van der Waals surface area contributed by atoms with Crippen molar-refractivity contribution in [1.82, 2.24) is 5.32 Å². The molecule has 0 amide bonds. The Morgan fingerprint density at radius 2 is 2.28 bits per heavy atom. The van der Waals surface area contributed by atoms with Gasteiger partial charge in [0.1, 0.15) is 0 Å². The normalized spacial score (nSPS) is 24.9. The molecule has 1 aliphatic carbocycles. The molecule has 1 aromatic carbocycles. The Balaban J connectivity index is 1.63. The summed E-state index contributed by atoms with van der Waals surface area (Å²) in [7, 11) is 0. The molecule has 1 unspecified atom stereocenters. The van der Waals surface area contributed by atoms with Gasteiger partial charge in [0.25, 0.3) is 0 Å². The second-order valence-electron chi connectivity index (χ2n) is 6.48. The van der Waals surface area contributed by atoms with E-state index in [9.17, 15) is 0 Å². The standard InChI is InChI=1S/C16H24N2/c1-16(2)8-7-15(16)18-11-12-5-6-14-13(10-12)4-3-9-17-14/h5-6,10,15,17-18H,3-4,7-9,11H2,1-2H3. The van der Waals surface area contributed by atoms with Crippen LogP contribution in [-0.4, -0.2) is 12.6 Å². The van der Waals surface area contributed by atoms with E-state index >= 15 is 0 Å². The second kappa shape index (κ2) is 4.58. The Morgan fingerprint density at radius 3 is 3.00 bits per heavy atom. The number of hydrogen-bond donors (Lipinski definition) is 2. The molecule has 1 fully saturated rings. The number of aryl methyl sites for hydroxylation is 1. The van der Waals surface area contributed by atoms with E-state index in [1.807, 2.05) is 0 Å². The van der Waals surface area contributed by atoms with E-state index in [-0.39, 0.29) is 0 Å². The third kappa shape index (κ3) is 2.26. The average Bonchev–Trinajstić information content (AvgIpc) is 2.37. The fourth-order valence-electron chi connectivity index (χ4n) is 3.12. The highest BCUT2D eigenvalue weighted by atomic mass is 14.9. The quantitative estimate of drug-likeness (QED) is 0.852. The van der Waals surface area contributed by atoms with E-state index in [4.69, 9.17) is 0 Å². The summed E-state index contributed by atoms with van der Waals surface area (Å²) in [5, 5.41) is 7.18. The van der Waals surface area contributed by atoms with Gasteiger partial charge in [0.15, 0.2) is 0 Å². The van der Waals surface area contributed by atoms with Crippen LogP contribution in [0.4, 0.5) is 5.69 Å². The fourth-order valence-corrected chi connectivity index (χ4v) is 3.12. The van der Waals surface area contributed by atoms with Crippen molar-refractivity contribution >= 4 is 5.69 Å². The zero-order valence-electron chi connectivity index (χ0n) is 11.6. The minimum Gasteiger partial charge on any atom is -0.385 e. The Kier molecular flexibility index (Phi) is 3.06. The van der Waals surface area contributed by atoms with Gasteiger partial charge >= 0.3 is 0 Å². The molecule has 1 saturated carbocycles. The summed E-state index contributed by atoms with van der Waals surface area (Å²) in [6.45, 7) is 6.87. The summed E-state index contributed by atoms with van der Waals surface area (Å²) in [6.07, 6.45) is 5.18. The molecular formula is C16H24N2. The molecule has 18 heavy (non-hydrogen) atoms. The smallest absolute Gasteiger partial charge is 0.0372 e. The Bertz CT molecular complexity index is 437. The summed E-state index contributed by atoms with van der Waals surface area (Å²) in [5.74, 6) is 0. The van der Waals surface area contributed by atoms with Crippen LogP contribution in [0, 0.1) is 5.41 Å². The molecule has 0 aromatic heterocycles. The van der Waals surface area contributed by atoms with Gasteiger partial charge in [0, 0.05) is 24.8 Å². The third-order valence-corrected chi connectivity index (χ3v) is 4.68. The van der Waals surface area contributed by atoms with Crippen molar-refractivity contribution in [1.29, 1.82) is 0 Å². The largest absolute Gasteiger partial charge is 0.385 e. The van der Waals surface area contributed by atoms with Crippen LogP contribution in [0.2, 0.25) is 0 Å². The van der Waals surface area contributed by atoms with Gasteiger partial charge < -0.3 is 10.6 Å². The Hall–Kier alpha value is -1.02. The summed E-state index contributed by atoms with van der Waals surface area (Å²) >= 11 is 0. The van der Waals surface area contributed by atoms with Crippen LogP contribution < -0.4 is 10.6 Å². The van der Waals surface area contributed by atoms with Crippen LogP contribution in [0.25, 0.3) is 0 Å². The predicted molar refractivity (Wildman–Crippen MR) is 76.9 cm³/mol. The molecule has 2 nitrogen and oxygen atoms in total. The fraction of sp³-hybridized carbons (Fsp3) is 0.625. The van der Waals surface area contributed by atoms with Gasteiger partial charge in [0.05, 0.1) is 0 Å². The first-order valence-electron chi connectivity index (χ1n) is 7.24. The highest BCUT2D eigenvalue weighted by molar-refractivity contribution is 5.54. The first-order chi connectivity index (χ1) is 8.65. The van der Waals surface area contributed by atoms with Crippen molar-refractivity contribution < 1.29 is 0 Å². The molecule has 2 aliphatic rings. The highest BCUT2D eigenvalue weighted by Crippen LogP contribution is 2.40. The van der Waals surface area contributed by atoms with Crippen molar-refractivity contribution in [2.24, 2.45) is 5.41 Å². The molecule has 1 atom stereocenters. The van der Waals surface area contributed by atoms with Crippen molar-refractivity contribution in [3.05, 3.63) is 29.3 Å². The van der Waals surface area contributed by atoms with E-state index in [1.54, 1.807) is 0 Å². The molecule has 1 heterocycles. The lowest BCUT2D eigenvalue weighted by Crippen LogP contribution is -2.49. The molecule has 0 saturated heterocycles. The van der Waals surface area contributed by atoms with Gasteiger partial charge in [-0.2, -0.15) is 0 Å². The van der Waals surface area contributed by atoms with Crippen molar-refractivity contribution in [3.63, 3.8) is 0 Å². The molecule has 1 aromatic rings. The molecule has 1 aliphatic heterocycles. The van der Waals surface area contributed by atoms with Gasteiger partial charge in [-0.1, -0.05) is 26.0 Å². The van der Waals surface area contributed by atoms with Gasteiger partial charge in [-0.05, 0) is 48.3 Å². The van der Waals surface area contributed by atoms with Crippen molar-refractivity contribution in [3.8, 4) is 0 Å². The van der Waals surface area contributed by atoms with Crippen molar-refractivity contribution in [2.75, 3.05) is 11.9 Å². The van der Waals surface area contributed by atoms with Gasteiger partial charge in [-0.25, -0.2) is 0 Å². The van der Waals surface area contributed by atoms with Crippen LogP contribution >= 0.6 is 0 Å². The highest BCUT2D eigenvalue weighted by Gasteiger charge is 2.37. The maximum Gasteiger partial charge on any atom is 0.0372 e. The van der Waals surface area contributed by atoms with Gasteiger partial charge in [-0.3, -0.25) is 0 Å². The van der Waals surface area contributed by atoms with Crippen LogP contribution in [0.5, 0.6) is 0 Å². The molecule has 0 bridgehead atoms. The third-order valence-electron chi connectivity index (χ3n) is 4.68. The molecule has 0 radical (unpaired) electrons. The minimum atomic E-state index is 0.496. The maximum atomic E-state index is 3.71. The summed E-state index contributed by atoms with van der Waals surface area (Å²) in [6, 6.07) is 7.58. The number of rotatable bonds is 3. The van der Waals surface area contributed by atoms with Gasteiger partial charge in [-0.15, -0.1) is 0 Å². The number of benzene rings is 1. The lowest BCUT2D eigenvalue weighted by atomic mass is 9.67. The zero-order chi connectivity index (χ0) is 12.6. The molecule has 0 spiro atoms. The topological polar surface area (TPSA) is 24.1 Å². The first-order valence-corrected chi connectivity index (χ1v) is 7.24. The van der Waals surface area contributed by atoms with Crippen molar-refractivity contribution in [2.45, 2.75) is 52.1 Å². The number of anilines is 1. The maximum absolute atomic E-state index is 3.71. The lowest BCUT2D eigenvalue weighted by Gasteiger charge is -2.45. The second-order valence-corrected chi connectivity index (χ2v) is 6.48.